The Balaban J connectivity index is 1.43. The number of rotatable bonds is 6. The average Bonchev–Trinajstić information content (AvgIpc) is 2.61. The van der Waals surface area contributed by atoms with Crippen molar-refractivity contribution in [3.8, 4) is 0 Å². The molecule has 0 amide bonds. The summed E-state index contributed by atoms with van der Waals surface area (Å²) in [5, 5.41) is 1.93. The number of hydroxylamine groups is 1. The second-order valence-corrected chi connectivity index (χ2v) is 5.30. The summed E-state index contributed by atoms with van der Waals surface area (Å²) in [5.74, 6) is 0. The van der Waals surface area contributed by atoms with Gasteiger partial charge in [0, 0.05) is 13.0 Å². The fourth-order valence-electron chi connectivity index (χ4n) is 2.42. The molecular formula is C19H21NO2. The zero-order chi connectivity index (χ0) is 15.0. The predicted octanol–water partition coefficient (Wildman–Crippen LogP) is 3.97. The minimum Gasteiger partial charge on any atom is -0.377 e. The zero-order valence-electron chi connectivity index (χ0n) is 12.6. The molecule has 0 unspecified atom stereocenters. The summed E-state index contributed by atoms with van der Waals surface area (Å²) in [6, 6.07) is 20.4. The van der Waals surface area contributed by atoms with Crippen LogP contribution in [0.5, 0.6) is 0 Å². The van der Waals surface area contributed by atoms with Crippen LogP contribution >= 0.6 is 0 Å². The van der Waals surface area contributed by atoms with Crippen LogP contribution in [0, 0.1) is 0 Å². The van der Waals surface area contributed by atoms with Crippen molar-refractivity contribution in [2.45, 2.75) is 19.1 Å². The maximum absolute atomic E-state index is 5.99. The highest BCUT2D eigenvalue weighted by molar-refractivity contribution is 5.44. The van der Waals surface area contributed by atoms with Crippen molar-refractivity contribution in [3.63, 3.8) is 0 Å². The van der Waals surface area contributed by atoms with Crippen molar-refractivity contribution < 1.29 is 9.57 Å². The van der Waals surface area contributed by atoms with E-state index in [-0.39, 0.29) is 6.10 Å². The Bertz CT molecular complexity index is 583. The second-order valence-electron chi connectivity index (χ2n) is 5.30. The summed E-state index contributed by atoms with van der Waals surface area (Å²) in [6.07, 6.45) is 5.20. The summed E-state index contributed by atoms with van der Waals surface area (Å²) < 4.78 is 5.73. The van der Waals surface area contributed by atoms with Crippen molar-refractivity contribution in [2.75, 3.05) is 18.2 Å². The number of anilines is 1. The van der Waals surface area contributed by atoms with E-state index in [0.29, 0.717) is 13.2 Å². The zero-order valence-corrected chi connectivity index (χ0v) is 12.6. The lowest BCUT2D eigenvalue weighted by Crippen LogP contribution is -2.33. The first-order valence-electron chi connectivity index (χ1n) is 7.69. The van der Waals surface area contributed by atoms with Gasteiger partial charge in [-0.2, -0.15) is 0 Å². The van der Waals surface area contributed by atoms with Gasteiger partial charge in [0.2, 0.25) is 0 Å². The van der Waals surface area contributed by atoms with Gasteiger partial charge in [0.05, 0.1) is 18.8 Å². The number of ether oxygens (including phenoxy) is 1. The van der Waals surface area contributed by atoms with Crippen LogP contribution in [0.3, 0.4) is 0 Å². The highest BCUT2D eigenvalue weighted by Gasteiger charge is 2.16. The molecule has 3 rings (SSSR count). The van der Waals surface area contributed by atoms with E-state index in [1.807, 2.05) is 41.5 Å². The lowest BCUT2D eigenvalue weighted by Gasteiger charge is -2.30. The number of hydrogen-bond donors (Lipinski definition) is 0. The topological polar surface area (TPSA) is 21.7 Å². The van der Waals surface area contributed by atoms with Crippen LogP contribution in [0.1, 0.15) is 12.0 Å². The molecule has 1 aliphatic rings. The highest BCUT2D eigenvalue weighted by Crippen LogP contribution is 2.19. The van der Waals surface area contributed by atoms with E-state index in [4.69, 9.17) is 9.57 Å². The van der Waals surface area contributed by atoms with Crippen LogP contribution in [0.4, 0.5) is 5.69 Å². The monoisotopic (exact) mass is 295 g/mol. The van der Waals surface area contributed by atoms with Crippen LogP contribution < -0.4 is 5.06 Å². The molecule has 0 aliphatic carbocycles. The van der Waals surface area contributed by atoms with Gasteiger partial charge in [-0.1, -0.05) is 60.7 Å². The van der Waals surface area contributed by atoms with Crippen molar-refractivity contribution in [1.82, 2.24) is 0 Å². The summed E-state index contributed by atoms with van der Waals surface area (Å²) in [5.41, 5.74) is 2.29. The molecule has 0 saturated heterocycles. The lowest BCUT2D eigenvalue weighted by atomic mass is 10.2. The van der Waals surface area contributed by atoms with Crippen LogP contribution in [0.15, 0.2) is 72.8 Å². The van der Waals surface area contributed by atoms with Crippen LogP contribution in [0.25, 0.3) is 0 Å². The normalized spacial score (nSPS) is 17.6. The van der Waals surface area contributed by atoms with Crippen molar-refractivity contribution >= 4 is 5.69 Å². The quantitative estimate of drug-likeness (QED) is 0.594. The van der Waals surface area contributed by atoms with Gasteiger partial charge in [0.1, 0.15) is 6.10 Å². The molecule has 1 heterocycles. The van der Waals surface area contributed by atoms with Crippen LogP contribution in [-0.4, -0.2) is 19.3 Å². The van der Waals surface area contributed by atoms with Gasteiger partial charge in [-0.15, -0.1) is 0 Å². The first-order chi connectivity index (χ1) is 10.9. The van der Waals surface area contributed by atoms with Gasteiger partial charge >= 0.3 is 0 Å². The van der Waals surface area contributed by atoms with Gasteiger partial charge in [0.15, 0.2) is 0 Å². The third-order valence-corrected chi connectivity index (χ3v) is 3.59. The number of nitrogens with zero attached hydrogens (tertiary/aromatic N) is 1. The molecule has 22 heavy (non-hydrogen) atoms. The molecule has 0 aromatic heterocycles. The number of benzene rings is 2. The van der Waals surface area contributed by atoms with Gasteiger partial charge in [0.25, 0.3) is 0 Å². The molecular weight excluding hydrogens is 274 g/mol. The van der Waals surface area contributed by atoms with Crippen molar-refractivity contribution in [1.29, 1.82) is 0 Å². The largest absolute Gasteiger partial charge is 0.377 e. The Labute approximate surface area is 131 Å². The fourth-order valence-corrected chi connectivity index (χ4v) is 2.42. The minimum absolute atomic E-state index is 0.0738. The maximum Gasteiger partial charge on any atom is 0.106 e. The first-order valence-corrected chi connectivity index (χ1v) is 7.69. The van der Waals surface area contributed by atoms with E-state index in [9.17, 15) is 0 Å². The van der Waals surface area contributed by atoms with E-state index in [1.165, 1.54) is 5.56 Å². The van der Waals surface area contributed by atoms with E-state index in [0.717, 1.165) is 18.7 Å². The highest BCUT2D eigenvalue weighted by atomic mass is 16.7. The smallest absolute Gasteiger partial charge is 0.106 e. The Morgan fingerprint density at radius 1 is 1.00 bits per heavy atom. The molecule has 114 valence electrons. The van der Waals surface area contributed by atoms with E-state index in [2.05, 4.69) is 36.4 Å². The third kappa shape index (κ3) is 4.20. The van der Waals surface area contributed by atoms with Crippen LogP contribution in [0.2, 0.25) is 0 Å². The molecule has 0 N–H and O–H groups in total. The molecule has 0 fully saturated rings. The van der Waals surface area contributed by atoms with Gasteiger partial charge in [-0.05, 0) is 17.7 Å². The minimum atomic E-state index is 0.0738. The first kappa shape index (κ1) is 14.8. The van der Waals surface area contributed by atoms with Gasteiger partial charge in [-0.25, -0.2) is 5.06 Å². The number of para-hydroxylation sites is 1. The lowest BCUT2D eigenvalue weighted by molar-refractivity contribution is 0.0253. The van der Waals surface area contributed by atoms with E-state index < -0.39 is 0 Å². The molecule has 2 aromatic carbocycles. The molecule has 0 saturated carbocycles. The molecule has 3 nitrogen and oxygen atoms in total. The van der Waals surface area contributed by atoms with Gasteiger partial charge in [-0.3, -0.25) is 4.84 Å². The Hall–Kier alpha value is -2.10. The summed E-state index contributed by atoms with van der Waals surface area (Å²) in [4.78, 5) is 5.99. The van der Waals surface area contributed by atoms with Crippen LogP contribution in [-0.2, 0) is 16.2 Å². The summed E-state index contributed by atoms with van der Waals surface area (Å²) >= 11 is 0. The molecule has 0 spiro atoms. The Morgan fingerprint density at radius 3 is 2.50 bits per heavy atom. The molecule has 1 atom stereocenters. The van der Waals surface area contributed by atoms with E-state index in [1.54, 1.807) is 0 Å². The average molecular weight is 295 g/mol. The van der Waals surface area contributed by atoms with Crippen molar-refractivity contribution in [3.05, 3.63) is 78.4 Å². The SMILES string of the molecule is C1=C[C@@H](CCOCc2ccccc2)ON(c2ccccc2)C1. The standard InChI is InChI=1S/C19H21NO2/c1-3-8-17(9-4-1)16-21-15-13-19-12-7-14-20(22-19)18-10-5-2-6-11-18/h1-12,19H,13-16H2/t19-/m0/s1. The Morgan fingerprint density at radius 2 is 1.73 bits per heavy atom. The second kappa shape index (κ2) is 7.78. The fraction of sp³-hybridized carbons (Fsp3) is 0.263. The molecule has 1 aliphatic heterocycles. The van der Waals surface area contributed by atoms with E-state index >= 15 is 0 Å². The predicted molar refractivity (Wildman–Crippen MR) is 88.5 cm³/mol. The number of hydrogen-bond acceptors (Lipinski definition) is 3. The maximum atomic E-state index is 5.99. The summed E-state index contributed by atoms with van der Waals surface area (Å²) in [7, 11) is 0. The molecule has 2 aromatic rings. The Kier molecular flexibility index (Phi) is 5.24. The molecule has 3 heteroatoms. The van der Waals surface area contributed by atoms with Crippen molar-refractivity contribution in [2.24, 2.45) is 0 Å². The summed E-state index contributed by atoms with van der Waals surface area (Å²) in [6.45, 7) is 2.12. The molecule has 0 bridgehead atoms. The van der Waals surface area contributed by atoms with Gasteiger partial charge < -0.3 is 4.74 Å². The molecule has 0 radical (unpaired) electrons. The third-order valence-electron chi connectivity index (χ3n) is 3.59.